The lowest BCUT2D eigenvalue weighted by atomic mass is 10.1. The Balaban J connectivity index is 1.45. The number of anilines is 1. The van der Waals surface area contributed by atoms with Crippen LogP contribution in [0.5, 0.6) is 0 Å². The zero-order valence-electron chi connectivity index (χ0n) is 21.5. The fraction of sp³-hybridized carbons (Fsp3) is 0.379. The number of aromatic nitrogens is 1. The van der Waals surface area contributed by atoms with Crippen molar-refractivity contribution in [2.45, 2.75) is 26.7 Å². The molecular weight excluding hydrogens is 466 g/mol. The minimum atomic E-state index is 0.766. The smallest absolute Gasteiger partial charge is 0.211 e. The largest absolute Gasteiger partial charge is 0.378 e. The standard InChI is InChI=1S/C29H35N5OS/c1-4-33(5-2)25-14-10-22(11-15-25)20-23-12-13-24(28(23)34-16-18-35-19-17-34)21-30-31-29-32(3)26-8-6-7-9-27(26)36-29/h6-11,14-15,20-21H,4-5,12-13,16-19H2,1-3H3. The van der Waals surface area contributed by atoms with Gasteiger partial charge >= 0.3 is 0 Å². The Morgan fingerprint density at radius 3 is 2.47 bits per heavy atom. The van der Waals surface area contributed by atoms with Crippen molar-refractivity contribution in [3.63, 3.8) is 0 Å². The number of allylic oxidation sites excluding steroid dienone is 2. The monoisotopic (exact) mass is 501 g/mol. The fourth-order valence-electron chi connectivity index (χ4n) is 5.07. The molecule has 1 aliphatic heterocycles. The summed E-state index contributed by atoms with van der Waals surface area (Å²) >= 11 is 1.67. The van der Waals surface area contributed by atoms with Gasteiger partial charge in [-0.3, -0.25) is 0 Å². The number of rotatable bonds is 7. The summed E-state index contributed by atoms with van der Waals surface area (Å²) in [6.07, 6.45) is 6.32. The lowest BCUT2D eigenvalue weighted by molar-refractivity contribution is 0.0548. The van der Waals surface area contributed by atoms with Crippen molar-refractivity contribution in [1.29, 1.82) is 0 Å². The molecule has 0 bridgehead atoms. The number of hydrogen-bond acceptors (Lipinski definition) is 6. The van der Waals surface area contributed by atoms with Gasteiger partial charge in [0.1, 0.15) is 0 Å². The van der Waals surface area contributed by atoms with Gasteiger partial charge in [-0.05, 0) is 73.7 Å². The van der Waals surface area contributed by atoms with Crippen molar-refractivity contribution in [3.05, 3.63) is 75.7 Å². The molecule has 2 heterocycles. The first kappa shape index (κ1) is 24.5. The normalized spacial score (nSPS) is 18.4. The predicted octanol–water partition coefficient (Wildman–Crippen LogP) is 5.44. The molecule has 0 unspecified atom stereocenters. The number of hydrogen-bond donors (Lipinski definition) is 0. The van der Waals surface area contributed by atoms with Crippen LogP contribution in [0, 0.1) is 0 Å². The van der Waals surface area contributed by atoms with Crippen molar-refractivity contribution in [2.24, 2.45) is 17.3 Å². The van der Waals surface area contributed by atoms with Gasteiger partial charge in [-0.2, -0.15) is 5.10 Å². The van der Waals surface area contributed by atoms with Crippen LogP contribution in [0.25, 0.3) is 16.3 Å². The topological polar surface area (TPSA) is 45.4 Å². The van der Waals surface area contributed by atoms with Gasteiger partial charge in [0.15, 0.2) is 0 Å². The van der Waals surface area contributed by atoms with Crippen LogP contribution in [0.2, 0.25) is 0 Å². The highest BCUT2D eigenvalue weighted by Gasteiger charge is 2.25. The van der Waals surface area contributed by atoms with Crippen LogP contribution in [-0.4, -0.2) is 55.1 Å². The molecular formula is C29H35N5OS. The molecule has 0 spiro atoms. The Morgan fingerprint density at radius 1 is 1.00 bits per heavy atom. The highest BCUT2D eigenvalue weighted by Crippen LogP contribution is 2.35. The first-order valence-electron chi connectivity index (χ1n) is 12.9. The molecule has 0 radical (unpaired) electrons. The second kappa shape index (κ2) is 11.3. The van der Waals surface area contributed by atoms with Gasteiger partial charge in [-0.25, -0.2) is 0 Å². The number of thiazole rings is 1. The van der Waals surface area contributed by atoms with Gasteiger partial charge in [0, 0.05) is 44.6 Å². The first-order valence-corrected chi connectivity index (χ1v) is 13.7. The van der Waals surface area contributed by atoms with Crippen LogP contribution >= 0.6 is 11.3 Å². The maximum Gasteiger partial charge on any atom is 0.211 e. The molecule has 0 saturated carbocycles. The third-order valence-corrected chi connectivity index (χ3v) is 8.14. The summed E-state index contributed by atoms with van der Waals surface area (Å²) in [5.41, 5.74) is 7.65. The van der Waals surface area contributed by atoms with Crippen LogP contribution in [-0.2, 0) is 11.8 Å². The zero-order valence-corrected chi connectivity index (χ0v) is 22.3. The van der Waals surface area contributed by atoms with E-state index in [2.05, 4.69) is 93.0 Å². The molecule has 7 heteroatoms. The summed E-state index contributed by atoms with van der Waals surface area (Å²) in [6, 6.07) is 17.3. The molecule has 5 rings (SSSR count). The number of nitrogens with zero attached hydrogens (tertiary/aromatic N) is 5. The van der Waals surface area contributed by atoms with E-state index < -0.39 is 0 Å². The second-order valence-corrected chi connectivity index (χ2v) is 10.2. The van der Waals surface area contributed by atoms with E-state index in [0.29, 0.717) is 0 Å². The van der Waals surface area contributed by atoms with Gasteiger partial charge in [0.05, 0.1) is 29.6 Å². The Morgan fingerprint density at radius 2 is 1.75 bits per heavy atom. The molecule has 1 aromatic heterocycles. The highest BCUT2D eigenvalue weighted by molar-refractivity contribution is 7.16. The third kappa shape index (κ3) is 5.18. The average Bonchev–Trinajstić information content (AvgIpc) is 3.46. The number of fused-ring (bicyclic) bond motifs is 1. The molecule has 2 aromatic carbocycles. The Hall–Kier alpha value is -3.16. The van der Waals surface area contributed by atoms with Gasteiger partial charge in [-0.15, -0.1) is 5.10 Å². The first-order chi connectivity index (χ1) is 17.7. The van der Waals surface area contributed by atoms with E-state index >= 15 is 0 Å². The summed E-state index contributed by atoms with van der Waals surface area (Å²) < 4.78 is 8.97. The Kier molecular flexibility index (Phi) is 7.68. The molecule has 6 nitrogen and oxygen atoms in total. The van der Waals surface area contributed by atoms with E-state index in [1.165, 1.54) is 38.3 Å². The van der Waals surface area contributed by atoms with Crippen molar-refractivity contribution < 1.29 is 4.74 Å². The minimum absolute atomic E-state index is 0.766. The molecule has 3 aromatic rings. The molecule has 1 fully saturated rings. The van der Waals surface area contributed by atoms with E-state index in [1.54, 1.807) is 11.3 Å². The van der Waals surface area contributed by atoms with Crippen LogP contribution in [0.1, 0.15) is 32.3 Å². The fourth-order valence-corrected chi connectivity index (χ4v) is 6.04. The molecule has 36 heavy (non-hydrogen) atoms. The third-order valence-electron chi connectivity index (χ3n) is 7.03. The van der Waals surface area contributed by atoms with E-state index in [9.17, 15) is 0 Å². The molecule has 0 N–H and O–H groups in total. The van der Waals surface area contributed by atoms with Crippen LogP contribution in [0.3, 0.4) is 0 Å². The van der Waals surface area contributed by atoms with Crippen LogP contribution < -0.4 is 9.70 Å². The SMILES string of the molecule is CCN(CC)c1ccc(C=C2CCC(C=NN=c3sc4ccccc4n3C)=C2N2CCOCC2)cc1. The van der Waals surface area contributed by atoms with Crippen LogP contribution in [0.15, 0.2) is 75.6 Å². The maximum absolute atomic E-state index is 5.64. The summed E-state index contributed by atoms with van der Waals surface area (Å²) in [6.45, 7) is 9.80. The molecule has 0 amide bonds. The van der Waals surface area contributed by atoms with Crippen molar-refractivity contribution in [1.82, 2.24) is 9.47 Å². The molecule has 0 atom stereocenters. The zero-order chi connectivity index (χ0) is 24.9. The molecule has 188 valence electrons. The molecule has 1 saturated heterocycles. The van der Waals surface area contributed by atoms with Gasteiger partial charge in [0.2, 0.25) is 4.80 Å². The van der Waals surface area contributed by atoms with E-state index in [0.717, 1.165) is 57.0 Å². The predicted molar refractivity (Wildman–Crippen MR) is 151 cm³/mol. The molecule has 2 aliphatic rings. The Bertz CT molecular complexity index is 1350. The van der Waals surface area contributed by atoms with E-state index in [-0.39, 0.29) is 0 Å². The highest BCUT2D eigenvalue weighted by atomic mass is 32.1. The quantitative estimate of drug-likeness (QED) is 0.320. The minimum Gasteiger partial charge on any atom is -0.378 e. The lowest BCUT2D eigenvalue weighted by Gasteiger charge is -2.31. The number of aryl methyl sites for hydroxylation is 1. The van der Waals surface area contributed by atoms with E-state index in [1.807, 2.05) is 13.3 Å². The summed E-state index contributed by atoms with van der Waals surface area (Å²) in [4.78, 5) is 5.75. The van der Waals surface area contributed by atoms with Crippen molar-refractivity contribution >= 4 is 39.5 Å². The summed E-state index contributed by atoms with van der Waals surface area (Å²) in [5, 5.41) is 9.14. The second-order valence-electron chi connectivity index (χ2n) is 9.16. The summed E-state index contributed by atoms with van der Waals surface area (Å²) in [7, 11) is 2.05. The van der Waals surface area contributed by atoms with Gasteiger partial charge < -0.3 is 19.1 Å². The average molecular weight is 502 g/mol. The van der Waals surface area contributed by atoms with Gasteiger partial charge in [-0.1, -0.05) is 35.6 Å². The lowest BCUT2D eigenvalue weighted by Crippen LogP contribution is -2.36. The van der Waals surface area contributed by atoms with Crippen molar-refractivity contribution in [3.8, 4) is 0 Å². The summed E-state index contributed by atoms with van der Waals surface area (Å²) in [5.74, 6) is 0. The number of morpholine rings is 1. The van der Waals surface area contributed by atoms with Crippen LogP contribution in [0.4, 0.5) is 5.69 Å². The van der Waals surface area contributed by atoms with Crippen molar-refractivity contribution in [2.75, 3.05) is 44.3 Å². The Labute approximate surface area is 217 Å². The number of para-hydroxylation sites is 1. The number of benzene rings is 2. The molecule has 1 aliphatic carbocycles. The van der Waals surface area contributed by atoms with Gasteiger partial charge in [0.25, 0.3) is 0 Å². The van der Waals surface area contributed by atoms with E-state index in [4.69, 9.17) is 4.74 Å². The number of ether oxygens (including phenoxy) is 1. The maximum atomic E-state index is 5.64.